The molecule has 0 aliphatic carbocycles. The van der Waals surface area contributed by atoms with Gasteiger partial charge in [-0.15, -0.1) is 0 Å². The second-order valence-corrected chi connectivity index (χ2v) is 7.50. The van der Waals surface area contributed by atoms with Gasteiger partial charge in [0, 0.05) is 40.0 Å². The molecule has 0 radical (unpaired) electrons. The van der Waals surface area contributed by atoms with Gasteiger partial charge >= 0.3 is 6.03 Å². The summed E-state index contributed by atoms with van der Waals surface area (Å²) in [5.74, 6) is 0.792. The third kappa shape index (κ3) is 4.96. The van der Waals surface area contributed by atoms with Crippen molar-refractivity contribution in [3.63, 3.8) is 0 Å². The third-order valence-electron chi connectivity index (χ3n) is 5.40. The maximum atomic E-state index is 12.4. The molecule has 1 aromatic rings. The minimum Gasteiger partial charge on any atom is -0.469 e. The zero-order valence-corrected chi connectivity index (χ0v) is 17.0. The van der Waals surface area contributed by atoms with Crippen LogP contribution in [0, 0.1) is 0 Å². The summed E-state index contributed by atoms with van der Waals surface area (Å²) in [6, 6.07) is 3.04. The number of hydrogen-bond donors (Lipinski definition) is 1. The van der Waals surface area contributed by atoms with Gasteiger partial charge in [-0.3, -0.25) is 14.5 Å². The van der Waals surface area contributed by atoms with Gasteiger partial charge in [0.2, 0.25) is 5.91 Å². The Bertz CT molecular complexity index is 748. The molecule has 3 rings (SSSR count). The van der Waals surface area contributed by atoms with E-state index in [-0.39, 0.29) is 17.8 Å². The van der Waals surface area contributed by atoms with Crippen LogP contribution in [0.2, 0.25) is 0 Å². The lowest BCUT2D eigenvalue weighted by Gasteiger charge is -2.39. The molecule has 1 N–H and O–H groups in total. The molecule has 158 valence electrons. The van der Waals surface area contributed by atoms with Gasteiger partial charge in [-0.2, -0.15) is 0 Å². The Hall–Kier alpha value is -2.84. The highest BCUT2D eigenvalue weighted by Crippen LogP contribution is 2.24. The van der Waals surface area contributed by atoms with Crippen LogP contribution < -0.4 is 5.32 Å². The van der Waals surface area contributed by atoms with E-state index in [1.807, 2.05) is 17.0 Å². The molecule has 0 aromatic carbocycles. The lowest BCUT2D eigenvalue weighted by molar-refractivity contribution is -0.136. The van der Waals surface area contributed by atoms with Crippen molar-refractivity contribution < 1.29 is 18.8 Å². The maximum absolute atomic E-state index is 12.4. The zero-order valence-electron chi connectivity index (χ0n) is 17.0. The quantitative estimate of drug-likeness (QED) is 0.596. The van der Waals surface area contributed by atoms with Gasteiger partial charge in [-0.05, 0) is 37.8 Å². The van der Waals surface area contributed by atoms with E-state index in [4.69, 9.17) is 4.42 Å². The predicted octanol–water partition coefficient (Wildman–Crippen LogP) is 1.45. The Labute approximate surface area is 170 Å². The van der Waals surface area contributed by atoms with Crippen molar-refractivity contribution in [2.75, 3.05) is 27.2 Å². The number of unbranched alkanes of at least 4 members (excludes halogenated alkanes) is 2. The van der Waals surface area contributed by atoms with Gasteiger partial charge in [-0.1, -0.05) is 0 Å². The van der Waals surface area contributed by atoms with Gasteiger partial charge in [0.15, 0.2) is 12.2 Å². The molecule has 1 saturated heterocycles. The average molecular weight is 403 g/mol. The number of likely N-dealkylation sites (N-methyl/N-ethyl adjacent to an activating group) is 2. The fourth-order valence-corrected chi connectivity index (χ4v) is 3.67. The molecule has 2 aliphatic heterocycles. The number of nitrogens with one attached hydrogen (secondary N) is 1. The molecule has 2 unspecified atom stereocenters. The Morgan fingerprint density at radius 2 is 2.03 bits per heavy atom. The van der Waals surface area contributed by atoms with Crippen LogP contribution in [0.5, 0.6) is 0 Å². The van der Waals surface area contributed by atoms with Gasteiger partial charge < -0.3 is 19.5 Å². The minimum atomic E-state index is -0.467. The first kappa shape index (κ1) is 20.9. The molecule has 2 atom stereocenters. The van der Waals surface area contributed by atoms with Crippen molar-refractivity contribution in [3.8, 4) is 0 Å². The number of imide groups is 1. The number of fused-ring (bicyclic) bond motifs is 1. The van der Waals surface area contributed by atoms with Crippen LogP contribution in [0.4, 0.5) is 4.79 Å². The summed E-state index contributed by atoms with van der Waals surface area (Å²) in [7, 11) is 3.15. The van der Waals surface area contributed by atoms with Crippen molar-refractivity contribution in [1.82, 2.24) is 20.0 Å². The number of aryl methyl sites for hydroxylation is 1. The van der Waals surface area contributed by atoms with E-state index in [2.05, 4.69) is 10.3 Å². The van der Waals surface area contributed by atoms with Crippen LogP contribution in [-0.4, -0.2) is 78.3 Å². The highest BCUT2D eigenvalue weighted by molar-refractivity contribution is 6.01. The number of amides is 4. The number of urea groups is 1. The van der Waals surface area contributed by atoms with E-state index in [1.54, 1.807) is 19.6 Å². The lowest BCUT2D eigenvalue weighted by atomic mass is 10.1. The number of furan rings is 1. The van der Waals surface area contributed by atoms with Crippen molar-refractivity contribution in [1.29, 1.82) is 0 Å². The van der Waals surface area contributed by atoms with Crippen molar-refractivity contribution in [2.24, 2.45) is 4.99 Å². The molecule has 4 amide bonds. The minimum absolute atomic E-state index is 0.0507. The Morgan fingerprint density at radius 3 is 2.79 bits per heavy atom. The highest BCUT2D eigenvalue weighted by atomic mass is 16.3. The molecule has 0 bridgehead atoms. The second-order valence-electron chi connectivity index (χ2n) is 7.50. The summed E-state index contributed by atoms with van der Waals surface area (Å²) in [6.45, 7) is 1.30. The molecular formula is C20H29N5O4. The molecule has 1 fully saturated rings. The zero-order chi connectivity index (χ0) is 20.8. The van der Waals surface area contributed by atoms with Crippen molar-refractivity contribution in [3.05, 3.63) is 24.2 Å². The van der Waals surface area contributed by atoms with Crippen molar-refractivity contribution in [2.45, 2.75) is 50.7 Å². The highest BCUT2D eigenvalue weighted by Gasteiger charge is 2.48. The first-order valence-electron chi connectivity index (χ1n) is 10.1. The van der Waals surface area contributed by atoms with Crippen LogP contribution in [0.15, 0.2) is 27.8 Å². The van der Waals surface area contributed by atoms with E-state index in [1.165, 1.54) is 11.9 Å². The second kappa shape index (κ2) is 9.58. The van der Waals surface area contributed by atoms with Gasteiger partial charge in [-0.25, -0.2) is 9.79 Å². The smallest absolute Gasteiger partial charge is 0.328 e. The Morgan fingerprint density at radius 1 is 1.21 bits per heavy atom. The topological polar surface area (TPSA) is 98.5 Å². The summed E-state index contributed by atoms with van der Waals surface area (Å²) in [5.41, 5.74) is 0. The summed E-state index contributed by atoms with van der Waals surface area (Å²) in [5, 5.41) is 2.95. The lowest BCUT2D eigenvalue weighted by Crippen LogP contribution is -2.63. The molecule has 0 saturated carbocycles. The number of nitrogens with zero attached hydrogens (tertiary/aromatic N) is 4. The van der Waals surface area contributed by atoms with Crippen LogP contribution in [0.1, 0.15) is 37.9 Å². The number of aliphatic imine (C=N–C) groups is 1. The molecule has 9 nitrogen and oxygen atoms in total. The Kier molecular flexibility index (Phi) is 6.90. The standard InChI is InChI=1S/C20H29N5O4/c1-23-18-17(19(27)24(2)20(23)28)25(14-22-18)12-6-4-10-16(26)21-11-5-3-8-15-9-7-13-29-15/h7,9,13-14,17-18H,3-6,8,10-12H2,1-2H3,(H,21,26). The predicted molar refractivity (Wildman–Crippen MR) is 107 cm³/mol. The van der Waals surface area contributed by atoms with Crippen LogP contribution in [0.25, 0.3) is 0 Å². The van der Waals surface area contributed by atoms with Gasteiger partial charge in [0.05, 0.1) is 12.6 Å². The summed E-state index contributed by atoms with van der Waals surface area (Å²) in [4.78, 5) is 45.2. The van der Waals surface area contributed by atoms with Gasteiger partial charge in [0.25, 0.3) is 5.91 Å². The molecular weight excluding hydrogens is 374 g/mol. The largest absolute Gasteiger partial charge is 0.469 e. The fraction of sp³-hybridized carbons (Fsp3) is 0.600. The SMILES string of the molecule is CN1C(=O)C2C(N=CN2CCCCC(=O)NCCCCc2ccco2)N(C)C1=O. The number of carbonyl (C=O) groups excluding carboxylic acids is 3. The number of rotatable bonds is 10. The average Bonchev–Trinajstić information content (AvgIpc) is 3.37. The van der Waals surface area contributed by atoms with E-state index in [9.17, 15) is 14.4 Å². The summed E-state index contributed by atoms with van der Waals surface area (Å²) in [6.07, 6.45) is 7.61. The van der Waals surface area contributed by atoms with E-state index in [0.717, 1.165) is 42.8 Å². The molecule has 29 heavy (non-hydrogen) atoms. The maximum Gasteiger partial charge on any atom is 0.328 e. The van der Waals surface area contributed by atoms with E-state index in [0.29, 0.717) is 19.5 Å². The molecule has 3 heterocycles. The van der Waals surface area contributed by atoms with Crippen LogP contribution in [-0.2, 0) is 16.0 Å². The van der Waals surface area contributed by atoms with Crippen molar-refractivity contribution >= 4 is 24.2 Å². The molecule has 1 aromatic heterocycles. The number of hydrogen-bond acceptors (Lipinski definition) is 6. The first-order chi connectivity index (χ1) is 14.0. The van der Waals surface area contributed by atoms with E-state index < -0.39 is 12.2 Å². The molecule has 2 aliphatic rings. The molecule has 0 spiro atoms. The van der Waals surface area contributed by atoms with Gasteiger partial charge in [0.1, 0.15) is 5.76 Å². The first-order valence-corrected chi connectivity index (χ1v) is 10.1. The fourth-order valence-electron chi connectivity index (χ4n) is 3.67. The summed E-state index contributed by atoms with van der Waals surface area (Å²) < 4.78 is 5.28. The molecule has 9 heteroatoms. The normalized spacial score (nSPS) is 21.1. The monoisotopic (exact) mass is 403 g/mol. The third-order valence-corrected chi connectivity index (χ3v) is 5.40. The van der Waals surface area contributed by atoms with Crippen LogP contribution >= 0.6 is 0 Å². The number of carbonyl (C=O) groups is 3. The summed E-state index contributed by atoms with van der Waals surface area (Å²) >= 11 is 0. The van der Waals surface area contributed by atoms with Crippen LogP contribution in [0.3, 0.4) is 0 Å². The Balaban J connectivity index is 1.29. The van der Waals surface area contributed by atoms with E-state index >= 15 is 0 Å².